The van der Waals surface area contributed by atoms with Crippen LogP contribution in [0.1, 0.15) is 0 Å². The predicted molar refractivity (Wildman–Crippen MR) is 36.9 cm³/mol. The average Bonchev–Trinajstić information content (AvgIpc) is 1.64. The normalized spacial score (nSPS) is 12.9. The molecule has 0 aromatic rings. The van der Waals surface area contributed by atoms with E-state index < -0.39 is 10.8 Å². The molecule has 0 aliphatic rings. The Hall–Kier alpha value is -0.310. The van der Waals surface area contributed by atoms with Crippen molar-refractivity contribution < 1.29 is 4.21 Å². The van der Waals surface area contributed by atoms with Gasteiger partial charge in [-0.2, -0.15) is 0 Å². The van der Waals surface area contributed by atoms with Crippen molar-refractivity contribution in [1.82, 2.24) is 4.90 Å². The summed E-state index contributed by atoms with van der Waals surface area (Å²) in [4.78, 5) is 1.75. The fourth-order valence-electron chi connectivity index (χ4n) is 0.257. The second-order valence-electron chi connectivity index (χ2n) is 1.74. The smallest absolute Gasteiger partial charge is 0.0940 e. The van der Waals surface area contributed by atoms with Gasteiger partial charge in [0.25, 0.3) is 0 Å². The standard InChI is InChI=1S/C5H11NOS/c1-5(6(2)3)8(4)7/h1H2,2-4H3/t8-/m0/s1. The Morgan fingerprint density at radius 3 is 2.00 bits per heavy atom. The van der Waals surface area contributed by atoms with Crippen LogP contribution in [0, 0.1) is 0 Å². The Labute approximate surface area is 52.6 Å². The highest BCUT2D eigenvalue weighted by Gasteiger charge is 1.97. The van der Waals surface area contributed by atoms with Gasteiger partial charge in [-0.3, -0.25) is 4.21 Å². The van der Waals surface area contributed by atoms with Crippen molar-refractivity contribution in [3.05, 3.63) is 11.6 Å². The van der Waals surface area contributed by atoms with Crippen LogP contribution in [0.25, 0.3) is 0 Å². The SMILES string of the molecule is C=C(N(C)C)[S@](C)=O. The van der Waals surface area contributed by atoms with Crippen molar-refractivity contribution in [3.63, 3.8) is 0 Å². The molecular weight excluding hydrogens is 122 g/mol. The lowest BCUT2D eigenvalue weighted by molar-refractivity contribution is 0.545. The van der Waals surface area contributed by atoms with Gasteiger partial charge in [0.15, 0.2) is 0 Å². The number of hydrogen-bond donors (Lipinski definition) is 0. The Bertz CT molecular complexity index is 120. The molecule has 0 aromatic carbocycles. The molecule has 3 heteroatoms. The van der Waals surface area contributed by atoms with E-state index in [9.17, 15) is 4.21 Å². The first-order valence-corrected chi connectivity index (χ1v) is 3.81. The lowest BCUT2D eigenvalue weighted by atomic mass is 10.8. The Morgan fingerprint density at radius 2 is 2.00 bits per heavy atom. The third-order valence-electron chi connectivity index (χ3n) is 0.831. The summed E-state index contributed by atoms with van der Waals surface area (Å²) in [5, 5.41) is 0.657. The maximum atomic E-state index is 10.6. The van der Waals surface area contributed by atoms with E-state index >= 15 is 0 Å². The fraction of sp³-hybridized carbons (Fsp3) is 0.600. The molecule has 0 N–H and O–H groups in total. The van der Waals surface area contributed by atoms with Crippen molar-refractivity contribution in [3.8, 4) is 0 Å². The van der Waals surface area contributed by atoms with Crippen LogP contribution in [0.5, 0.6) is 0 Å². The van der Waals surface area contributed by atoms with E-state index in [4.69, 9.17) is 0 Å². The molecule has 0 radical (unpaired) electrons. The summed E-state index contributed by atoms with van der Waals surface area (Å²) in [5.74, 6) is 0. The van der Waals surface area contributed by atoms with Crippen LogP contribution < -0.4 is 0 Å². The monoisotopic (exact) mass is 133 g/mol. The van der Waals surface area contributed by atoms with Gasteiger partial charge in [0, 0.05) is 20.4 Å². The van der Waals surface area contributed by atoms with Crippen LogP contribution in [0.3, 0.4) is 0 Å². The van der Waals surface area contributed by atoms with Crippen molar-refractivity contribution in [1.29, 1.82) is 0 Å². The van der Waals surface area contributed by atoms with Gasteiger partial charge >= 0.3 is 0 Å². The van der Waals surface area contributed by atoms with E-state index in [2.05, 4.69) is 6.58 Å². The van der Waals surface area contributed by atoms with Crippen molar-refractivity contribution >= 4 is 10.8 Å². The van der Waals surface area contributed by atoms with E-state index in [0.717, 1.165) is 0 Å². The van der Waals surface area contributed by atoms with Crippen molar-refractivity contribution in [2.75, 3.05) is 20.4 Å². The molecule has 0 saturated heterocycles. The van der Waals surface area contributed by atoms with Crippen LogP contribution in [-0.4, -0.2) is 29.5 Å². The summed E-state index contributed by atoms with van der Waals surface area (Å²) >= 11 is 0. The van der Waals surface area contributed by atoms with Crippen LogP contribution >= 0.6 is 0 Å². The molecule has 0 amide bonds. The molecule has 0 aliphatic carbocycles. The lowest BCUT2D eigenvalue weighted by Gasteiger charge is -2.11. The van der Waals surface area contributed by atoms with Gasteiger partial charge < -0.3 is 4.90 Å². The largest absolute Gasteiger partial charge is 0.371 e. The molecule has 0 fully saturated rings. The molecule has 0 aliphatic heterocycles. The van der Waals surface area contributed by atoms with E-state index in [1.54, 1.807) is 11.2 Å². The highest BCUT2D eigenvalue weighted by molar-refractivity contribution is 7.88. The maximum absolute atomic E-state index is 10.6. The first-order valence-electron chi connectivity index (χ1n) is 2.25. The minimum Gasteiger partial charge on any atom is -0.371 e. The minimum atomic E-state index is -0.909. The van der Waals surface area contributed by atoms with E-state index in [0.29, 0.717) is 5.03 Å². The quantitative estimate of drug-likeness (QED) is 0.543. The second-order valence-corrected chi connectivity index (χ2v) is 3.12. The lowest BCUT2D eigenvalue weighted by Crippen LogP contribution is -2.12. The molecule has 0 aromatic heterocycles. The molecule has 0 unspecified atom stereocenters. The third-order valence-corrected chi connectivity index (χ3v) is 1.86. The summed E-state index contributed by atoms with van der Waals surface area (Å²) in [7, 11) is 2.74. The van der Waals surface area contributed by atoms with Gasteiger partial charge in [-0.1, -0.05) is 6.58 Å². The fourth-order valence-corrected chi connectivity index (χ4v) is 0.771. The molecule has 1 atom stereocenters. The molecule has 0 saturated carbocycles. The summed E-state index contributed by atoms with van der Waals surface area (Å²) < 4.78 is 10.6. The van der Waals surface area contributed by atoms with Gasteiger partial charge in [-0.15, -0.1) is 0 Å². The third kappa shape index (κ3) is 2.12. The summed E-state index contributed by atoms with van der Waals surface area (Å²) in [6, 6.07) is 0. The number of rotatable bonds is 2. The van der Waals surface area contributed by atoms with Gasteiger partial charge in [-0.05, 0) is 0 Å². The maximum Gasteiger partial charge on any atom is 0.0940 e. The van der Waals surface area contributed by atoms with E-state index in [1.165, 1.54) is 0 Å². The predicted octanol–water partition coefficient (Wildman–Crippen LogP) is 0.398. The molecule has 0 bridgehead atoms. The molecule has 0 heterocycles. The van der Waals surface area contributed by atoms with Gasteiger partial charge in [-0.25, -0.2) is 0 Å². The minimum absolute atomic E-state index is 0.657. The van der Waals surface area contributed by atoms with Crippen molar-refractivity contribution in [2.24, 2.45) is 0 Å². The van der Waals surface area contributed by atoms with Crippen LogP contribution in [0.15, 0.2) is 11.6 Å². The zero-order chi connectivity index (χ0) is 6.73. The molecule has 48 valence electrons. The highest BCUT2D eigenvalue weighted by Crippen LogP contribution is 1.96. The molecule has 0 rings (SSSR count). The van der Waals surface area contributed by atoms with Crippen LogP contribution in [0.4, 0.5) is 0 Å². The highest BCUT2D eigenvalue weighted by atomic mass is 32.2. The Balaban J connectivity index is 3.84. The Kier molecular flexibility index (Phi) is 2.76. The molecule has 2 nitrogen and oxygen atoms in total. The first-order chi connectivity index (χ1) is 3.55. The second kappa shape index (κ2) is 2.87. The first kappa shape index (κ1) is 7.69. The zero-order valence-electron chi connectivity index (χ0n) is 5.47. The number of nitrogens with zero attached hydrogens (tertiary/aromatic N) is 1. The van der Waals surface area contributed by atoms with E-state index in [-0.39, 0.29) is 0 Å². The average molecular weight is 133 g/mol. The van der Waals surface area contributed by atoms with E-state index in [1.807, 2.05) is 14.1 Å². The van der Waals surface area contributed by atoms with Gasteiger partial charge in [0.1, 0.15) is 0 Å². The van der Waals surface area contributed by atoms with Gasteiger partial charge in [0.05, 0.1) is 15.8 Å². The topological polar surface area (TPSA) is 20.3 Å². The van der Waals surface area contributed by atoms with Gasteiger partial charge in [0.2, 0.25) is 0 Å². The summed E-state index contributed by atoms with van der Waals surface area (Å²) in [5.41, 5.74) is 0. The zero-order valence-corrected chi connectivity index (χ0v) is 6.29. The molecule has 8 heavy (non-hydrogen) atoms. The summed E-state index contributed by atoms with van der Waals surface area (Å²) in [6.45, 7) is 3.58. The molecule has 0 spiro atoms. The molecular formula is C5H11NOS. The van der Waals surface area contributed by atoms with Crippen molar-refractivity contribution in [2.45, 2.75) is 0 Å². The Morgan fingerprint density at radius 1 is 1.62 bits per heavy atom. The summed E-state index contributed by atoms with van der Waals surface area (Å²) in [6.07, 6.45) is 1.61. The van der Waals surface area contributed by atoms with Crippen LogP contribution in [0.2, 0.25) is 0 Å². The number of hydrogen-bond acceptors (Lipinski definition) is 2. The van der Waals surface area contributed by atoms with Crippen LogP contribution in [-0.2, 0) is 10.8 Å².